The third-order valence-corrected chi connectivity index (χ3v) is 2.51. The average molecular weight is 290 g/mol. The molecule has 8 heteroatoms. The Morgan fingerprint density at radius 2 is 2.24 bits per heavy atom. The number of aromatic nitrogens is 4. The van der Waals surface area contributed by atoms with Crippen molar-refractivity contribution in [2.24, 2.45) is 7.05 Å². The van der Waals surface area contributed by atoms with Crippen molar-refractivity contribution in [3.63, 3.8) is 0 Å². The van der Waals surface area contributed by atoms with Gasteiger partial charge in [0.05, 0.1) is 14.2 Å². The minimum Gasteiger partial charge on any atom is -0.493 e. The molecule has 0 atom stereocenters. The Balaban J connectivity index is 2.10. The number of aryl methyl sites for hydroxylation is 1. The lowest BCUT2D eigenvalue weighted by Crippen LogP contribution is -2.00. The number of hydrogen-bond donors (Lipinski definition) is 1. The first-order valence-corrected chi connectivity index (χ1v) is 6.03. The van der Waals surface area contributed by atoms with E-state index in [0.717, 1.165) is 6.08 Å². The van der Waals surface area contributed by atoms with Crippen molar-refractivity contribution < 1.29 is 19.4 Å². The number of methoxy groups -OCH3 is 1. The molecule has 0 saturated carbocycles. The number of tetrazole rings is 1. The summed E-state index contributed by atoms with van der Waals surface area (Å²) >= 11 is 0. The van der Waals surface area contributed by atoms with Crippen molar-refractivity contribution in [1.82, 2.24) is 20.2 Å². The number of nitrogens with zero attached hydrogens (tertiary/aromatic N) is 4. The van der Waals surface area contributed by atoms with Crippen LogP contribution in [0.2, 0.25) is 0 Å². The van der Waals surface area contributed by atoms with Gasteiger partial charge in [0.1, 0.15) is 0 Å². The lowest BCUT2D eigenvalue weighted by atomic mass is 10.2. The second kappa shape index (κ2) is 6.51. The molecular weight excluding hydrogens is 276 g/mol. The summed E-state index contributed by atoms with van der Waals surface area (Å²) in [5.41, 5.74) is 0.694. The number of carboxylic acid groups (broad SMARTS) is 1. The van der Waals surface area contributed by atoms with Gasteiger partial charge < -0.3 is 14.6 Å². The summed E-state index contributed by atoms with van der Waals surface area (Å²) in [5.74, 6) is 0.446. The Labute approximate surface area is 120 Å². The van der Waals surface area contributed by atoms with Crippen molar-refractivity contribution in [2.75, 3.05) is 7.11 Å². The van der Waals surface area contributed by atoms with Gasteiger partial charge in [-0.3, -0.25) is 0 Å². The first-order valence-electron chi connectivity index (χ1n) is 6.03. The van der Waals surface area contributed by atoms with Gasteiger partial charge in [-0.05, 0) is 29.0 Å². The molecule has 1 heterocycles. The number of rotatable bonds is 6. The molecule has 0 fully saturated rings. The molecule has 0 aliphatic rings. The van der Waals surface area contributed by atoms with Crippen molar-refractivity contribution in [2.45, 2.75) is 6.61 Å². The standard InChI is InChI=1S/C13H14N4O4/c1-17-15-12(14-16-17)8-21-10-5-3-9(4-6-13(18)19)7-11(10)20-2/h3-7H,8H2,1-2H3,(H,18,19)/b6-4+. The van der Waals surface area contributed by atoms with Crippen LogP contribution in [0.15, 0.2) is 24.3 Å². The van der Waals surface area contributed by atoms with Gasteiger partial charge in [0.2, 0.25) is 5.82 Å². The van der Waals surface area contributed by atoms with Crippen molar-refractivity contribution in [3.05, 3.63) is 35.7 Å². The summed E-state index contributed by atoms with van der Waals surface area (Å²) < 4.78 is 10.8. The van der Waals surface area contributed by atoms with Crippen LogP contribution in [0.5, 0.6) is 11.5 Å². The van der Waals surface area contributed by atoms with E-state index >= 15 is 0 Å². The van der Waals surface area contributed by atoms with E-state index in [1.807, 2.05) is 0 Å². The minimum atomic E-state index is -1.01. The third kappa shape index (κ3) is 4.03. The summed E-state index contributed by atoms with van der Waals surface area (Å²) in [6, 6.07) is 5.09. The molecule has 1 aromatic carbocycles. The minimum absolute atomic E-state index is 0.161. The van der Waals surface area contributed by atoms with E-state index < -0.39 is 5.97 Å². The molecule has 0 unspecified atom stereocenters. The van der Waals surface area contributed by atoms with Crippen LogP contribution < -0.4 is 9.47 Å². The first-order chi connectivity index (χ1) is 10.1. The number of carboxylic acids is 1. The molecule has 2 rings (SSSR count). The molecule has 21 heavy (non-hydrogen) atoms. The van der Waals surface area contributed by atoms with Crippen LogP contribution in [0.1, 0.15) is 11.4 Å². The van der Waals surface area contributed by atoms with Crippen molar-refractivity contribution in [1.29, 1.82) is 0 Å². The van der Waals surface area contributed by atoms with Crippen LogP contribution in [0.25, 0.3) is 6.08 Å². The van der Waals surface area contributed by atoms with E-state index in [1.165, 1.54) is 18.0 Å². The highest BCUT2D eigenvalue weighted by Crippen LogP contribution is 2.29. The largest absolute Gasteiger partial charge is 0.493 e. The predicted molar refractivity (Wildman–Crippen MR) is 72.8 cm³/mol. The zero-order valence-corrected chi connectivity index (χ0v) is 11.6. The van der Waals surface area contributed by atoms with Crippen LogP contribution in [-0.4, -0.2) is 38.4 Å². The van der Waals surface area contributed by atoms with E-state index in [0.29, 0.717) is 22.9 Å². The highest BCUT2D eigenvalue weighted by atomic mass is 16.5. The second-order valence-corrected chi connectivity index (χ2v) is 4.07. The normalized spacial score (nSPS) is 10.8. The van der Waals surface area contributed by atoms with Crippen LogP contribution >= 0.6 is 0 Å². The maximum Gasteiger partial charge on any atom is 0.328 e. The summed E-state index contributed by atoms with van der Waals surface area (Å²) in [6.07, 6.45) is 2.53. The van der Waals surface area contributed by atoms with Crippen molar-refractivity contribution >= 4 is 12.0 Å². The fourth-order valence-corrected chi connectivity index (χ4v) is 1.60. The first kappa shape index (κ1) is 14.5. The molecule has 0 saturated heterocycles. The van der Waals surface area contributed by atoms with E-state index in [2.05, 4.69) is 15.4 Å². The van der Waals surface area contributed by atoms with Gasteiger partial charge in [-0.2, -0.15) is 4.80 Å². The molecule has 1 N–H and O–H groups in total. The molecule has 0 amide bonds. The van der Waals surface area contributed by atoms with Crippen LogP contribution in [0, 0.1) is 0 Å². The predicted octanol–water partition coefficient (Wildman–Crippen LogP) is 0.895. The molecule has 1 aromatic heterocycles. The molecule has 0 bridgehead atoms. The van der Waals surface area contributed by atoms with Gasteiger partial charge >= 0.3 is 5.97 Å². The number of aliphatic carboxylic acids is 1. The molecule has 2 aromatic rings. The second-order valence-electron chi connectivity index (χ2n) is 4.07. The van der Waals surface area contributed by atoms with Gasteiger partial charge in [-0.15, -0.1) is 10.2 Å². The fraction of sp³-hybridized carbons (Fsp3) is 0.231. The van der Waals surface area contributed by atoms with Gasteiger partial charge in [0, 0.05) is 6.08 Å². The van der Waals surface area contributed by atoms with Crippen LogP contribution in [0.3, 0.4) is 0 Å². The van der Waals surface area contributed by atoms with Gasteiger partial charge in [-0.1, -0.05) is 6.07 Å². The molecule has 0 radical (unpaired) electrons. The zero-order chi connectivity index (χ0) is 15.2. The Morgan fingerprint density at radius 3 is 2.86 bits per heavy atom. The Bertz CT molecular complexity index is 666. The summed E-state index contributed by atoms with van der Waals surface area (Å²) in [5, 5.41) is 20.1. The average Bonchev–Trinajstić information content (AvgIpc) is 2.88. The topological polar surface area (TPSA) is 99.4 Å². The molecule has 0 aliphatic carbocycles. The summed E-state index contributed by atoms with van der Waals surface area (Å²) in [4.78, 5) is 11.8. The van der Waals surface area contributed by atoms with E-state index in [4.69, 9.17) is 14.6 Å². The molecule has 0 aliphatic heterocycles. The Kier molecular flexibility index (Phi) is 4.50. The molecule has 8 nitrogen and oxygen atoms in total. The Morgan fingerprint density at radius 1 is 1.43 bits per heavy atom. The third-order valence-electron chi connectivity index (χ3n) is 2.51. The quantitative estimate of drug-likeness (QED) is 0.789. The number of benzene rings is 1. The molecule has 110 valence electrons. The van der Waals surface area contributed by atoms with Gasteiger partial charge in [-0.25, -0.2) is 4.79 Å². The van der Waals surface area contributed by atoms with Crippen LogP contribution in [-0.2, 0) is 18.4 Å². The van der Waals surface area contributed by atoms with E-state index in [9.17, 15) is 4.79 Å². The van der Waals surface area contributed by atoms with Crippen molar-refractivity contribution in [3.8, 4) is 11.5 Å². The number of hydrogen-bond acceptors (Lipinski definition) is 6. The van der Waals surface area contributed by atoms with Gasteiger partial charge in [0.25, 0.3) is 0 Å². The SMILES string of the molecule is COc1cc(/C=C/C(=O)O)ccc1OCc1nnn(C)n1. The zero-order valence-electron chi connectivity index (χ0n) is 11.6. The molecule has 0 spiro atoms. The highest BCUT2D eigenvalue weighted by Gasteiger charge is 2.07. The highest BCUT2D eigenvalue weighted by molar-refractivity contribution is 5.85. The smallest absolute Gasteiger partial charge is 0.328 e. The van der Waals surface area contributed by atoms with E-state index in [1.54, 1.807) is 25.2 Å². The Hall–Kier alpha value is -2.90. The maximum absolute atomic E-state index is 10.5. The van der Waals surface area contributed by atoms with Gasteiger partial charge in [0.15, 0.2) is 18.1 Å². The monoisotopic (exact) mass is 290 g/mol. The van der Waals surface area contributed by atoms with E-state index in [-0.39, 0.29) is 6.61 Å². The van der Waals surface area contributed by atoms with Crippen LogP contribution in [0.4, 0.5) is 0 Å². The number of carbonyl (C=O) groups is 1. The lowest BCUT2D eigenvalue weighted by Gasteiger charge is -2.09. The summed E-state index contributed by atoms with van der Waals surface area (Å²) in [7, 11) is 3.17. The summed E-state index contributed by atoms with van der Waals surface area (Å²) in [6.45, 7) is 0.161. The number of ether oxygens (including phenoxy) is 2. The fourth-order valence-electron chi connectivity index (χ4n) is 1.60. The lowest BCUT2D eigenvalue weighted by molar-refractivity contribution is -0.131. The molecular formula is C13H14N4O4. The maximum atomic E-state index is 10.5.